The fourth-order valence-electron chi connectivity index (χ4n) is 1.99. The number of rotatable bonds is 6. The zero-order valence-corrected chi connectivity index (χ0v) is 10.9. The molecule has 0 amide bonds. The van der Waals surface area contributed by atoms with Crippen LogP contribution >= 0.6 is 0 Å². The quantitative estimate of drug-likeness (QED) is 0.521. The molecule has 14 heavy (non-hydrogen) atoms. The fourth-order valence-corrected chi connectivity index (χ4v) is 1.99. The molecule has 84 valence electrons. The molecule has 0 heterocycles. The number of hydrogen-bond acceptors (Lipinski definition) is 0. The van der Waals surface area contributed by atoms with Gasteiger partial charge in [-0.1, -0.05) is 45.8 Å². The summed E-state index contributed by atoms with van der Waals surface area (Å²) in [5.74, 6) is 2.54. The van der Waals surface area contributed by atoms with Crippen molar-refractivity contribution in [2.45, 2.75) is 60.8 Å². The molecule has 0 aliphatic carbocycles. The lowest BCUT2D eigenvalue weighted by Crippen LogP contribution is -2.13. The molecule has 0 nitrogen and oxygen atoms in total. The average molecular weight is 196 g/mol. The van der Waals surface area contributed by atoms with E-state index in [1.54, 1.807) is 5.57 Å². The second kappa shape index (κ2) is 7.09. The van der Waals surface area contributed by atoms with Crippen LogP contribution in [0.2, 0.25) is 0 Å². The van der Waals surface area contributed by atoms with Crippen LogP contribution in [0.25, 0.3) is 0 Å². The Balaban J connectivity index is 4.18. The average Bonchev–Trinajstić information content (AvgIpc) is 2.22. The van der Waals surface area contributed by atoms with E-state index in [4.69, 9.17) is 0 Å². The lowest BCUT2D eigenvalue weighted by molar-refractivity contribution is 0.311. The van der Waals surface area contributed by atoms with Gasteiger partial charge in [0.25, 0.3) is 0 Å². The molecule has 0 rings (SSSR count). The zero-order valence-electron chi connectivity index (χ0n) is 10.9. The lowest BCUT2D eigenvalue weighted by Gasteiger charge is -2.24. The van der Waals surface area contributed by atoms with E-state index in [-0.39, 0.29) is 0 Å². The Hall–Kier alpha value is -0.260. The minimum Gasteiger partial charge on any atom is -0.0885 e. The van der Waals surface area contributed by atoms with E-state index in [0.29, 0.717) is 0 Å². The largest absolute Gasteiger partial charge is 0.0885 e. The van der Waals surface area contributed by atoms with Crippen LogP contribution in [-0.4, -0.2) is 0 Å². The minimum atomic E-state index is 0.809. The van der Waals surface area contributed by atoms with Gasteiger partial charge in [0.05, 0.1) is 0 Å². The zero-order chi connectivity index (χ0) is 11.1. The first-order valence-corrected chi connectivity index (χ1v) is 6.19. The van der Waals surface area contributed by atoms with Crippen LogP contribution in [-0.2, 0) is 0 Å². The summed E-state index contributed by atoms with van der Waals surface area (Å²) in [6.45, 7) is 13.8. The van der Waals surface area contributed by atoms with Crippen LogP contribution in [0.15, 0.2) is 11.6 Å². The van der Waals surface area contributed by atoms with Crippen LogP contribution in [0.1, 0.15) is 60.8 Å². The van der Waals surface area contributed by atoms with Gasteiger partial charge in [0.1, 0.15) is 0 Å². The van der Waals surface area contributed by atoms with Crippen molar-refractivity contribution in [3.8, 4) is 0 Å². The molecule has 0 saturated carbocycles. The number of hydrogen-bond donors (Lipinski definition) is 0. The summed E-state index contributed by atoms with van der Waals surface area (Å²) in [6, 6.07) is 0. The van der Waals surface area contributed by atoms with Crippen molar-refractivity contribution in [3.05, 3.63) is 11.6 Å². The molecule has 0 aromatic heterocycles. The molecule has 0 aromatic rings. The van der Waals surface area contributed by atoms with E-state index < -0.39 is 0 Å². The van der Waals surface area contributed by atoms with Gasteiger partial charge in [0.2, 0.25) is 0 Å². The van der Waals surface area contributed by atoms with Gasteiger partial charge in [0, 0.05) is 0 Å². The van der Waals surface area contributed by atoms with E-state index >= 15 is 0 Å². The summed E-state index contributed by atoms with van der Waals surface area (Å²) in [6.07, 6.45) is 6.24. The van der Waals surface area contributed by atoms with E-state index in [1.807, 2.05) is 0 Å². The van der Waals surface area contributed by atoms with Crippen molar-refractivity contribution in [3.63, 3.8) is 0 Å². The van der Waals surface area contributed by atoms with Crippen LogP contribution < -0.4 is 0 Å². The lowest BCUT2D eigenvalue weighted by atomic mass is 9.82. The molecule has 3 atom stereocenters. The maximum Gasteiger partial charge on any atom is -0.0206 e. The highest BCUT2D eigenvalue weighted by Crippen LogP contribution is 2.28. The van der Waals surface area contributed by atoms with Gasteiger partial charge < -0.3 is 0 Å². The summed E-state index contributed by atoms with van der Waals surface area (Å²) in [5, 5.41) is 0. The molecule has 0 aliphatic heterocycles. The summed E-state index contributed by atoms with van der Waals surface area (Å²) in [5.41, 5.74) is 1.57. The maximum absolute atomic E-state index is 2.40. The summed E-state index contributed by atoms with van der Waals surface area (Å²) >= 11 is 0. The molecule has 0 fully saturated rings. The Kier molecular flexibility index (Phi) is 6.96. The Bertz CT molecular complexity index is 167. The van der Waals surface area contributed by atoms with Gasteiger partial charge in [-0.05, 0) is 44.4 Å². The highest BCUT2D eigenvalue weighted by molar-refractivity contribution is 5.01. The minimum absolute atomic E-state index is 0.809. The predicted molar refractivity (Wildman–Crippen MR) is 66.4 cm³/mol. The van der Waals surface area contributed by atoms with Crippen molar-refractivity contribution < 1.29 is 0 Å². The standard InChI is InChI=1S/C14H28/c1-7-11(4)13(6)10-14(9-3)12(5)8-2/h8,11,13-14H,7,9-10H2,1-6H3/b12-8+. The van der Waals surface area contributed by atoms with E-state index in [9.17, 15) is 0 Å². The van der Waals surface area contributed by atoms with Crippen LogP contribution in [0, 0.1) is 17.8 Å². The Morgan fingerprint density at radius 1 is 1.07 bits per heavy atom. The normalized spacial score (nSPS) is 19.1. The van der Waals surface area contributed by atoms with Crippen LogP contribution in [0.3, 0.4) is 0 Å². The first-order chi connectivity index (χ1) is 6.56. The van der Waals surface area contributed by atoms with Crippen molar-refractivity contribution in [2.24, 2.45) is 17.8 Å². The maximum atomic E-state index is 2.40. The third kappa shape index (κ3) is 4.30. The van der Waals surface area contributed by atoms with Gasteiger partial charge in [0.15, 0.2) is 0 Å². The fraction of sp³-hybridized carbons (Fsp3) is 0.857. The van der Waals surface area contributed by atoms with Gasteiger partial charge in [-0.2, -0.15) is 0 Å². The molecule has 3 unspecified atom stereocenters. The Morgan fingerprint density at radius 2 is 1.64 bits per heavy atom. The monoisotopic (exact) mass is 196 g/mol. The molecule has 0 heteroatoms. The molecule has 0 aromatic carbocycles. The molecule has 0 bridgehead atoms. The van der Waals surface area contributed by atoms with Crippen LogP contribution in [0.4, 0.5) is 0 Å². The van der Waals surface area contributed by atoms with Crippen LogP contribution in [0.5, 0.6) is 0 Å². The molecular formula is C14H28. The van der Waals surface area contributed by atoms with Crippen molar-refractivity contribution in [1.29, 1.82) is 0 Å². The van der Waals surface area contributed by atoms with Crippen molar-refractivity contribution >= 4 is 0 Å². The molecular weight excluding hydrogens is 168 g/mol. The van der Waals surface area contributed by atoms with E-state index in [0.717, 1.165) is 17.8 Å². The molecule has 0 saturated heterocycles. The Morgan fingerprint density at radius 3 is 2.00 bits per heavy atom. The SMILES string of the molecule is C/C=C(\C)C(CC)CC(C)C(C)CC. The van der Waals surface area contributed by atoms with Crippen molar-refractivity contribution in [1.82, 2.24) is 0 Å². The summed E-state index contributed by atoms with van der Waals surface area (Å²) in [7, 11) is 0. The Labute approximate surface area is 90.8 Å². The molecule has 0 aliphatic rings. The molecule has 0 spiro atoms. The highest BCUT2D eigenvalue weighted by Gasteiger charge is 2.16. The van der Waals surface area contributed by atoms with Gasteiger partial charge in [-0.25, -0.2) is 0 Å². The van der Waals surface area contributed by atoms with Crippen molar-refractivity contribution in [2.75, 3.05) is 0 Å². The smallest absolute Gasteiger partial charge is 0.0206 e. The third-order valence-electron chi connectivity index (χ3n) is 3.86. The van der Waals surface area contributed by atoms with Gasteiger partial charge in [-0.3, -0.25) is 0 Å². The first-order valence-electron chi connectivity index (χ1n) is 6.19. The first kappa shape index (κ1) is 13.7. The van der Waals surface area contributed by atoms with E-state index in [2.05, 4.69) is 47.6 Å². The van der Waals surface area contributed by atoms with Gasteiger partial charge >= 0.3 is 0 Å². The topological polar surface area (TPSA) is 0 Å². The highest BCUT2D eigenvalue weighted by atomic mass is 14.2. The number of allylic oxidation sites excluding steroid dienone is 2. The van der Waals surface area contributed by atoms with E-state index in [1.165, 1.54) is 19.3 Å². The third-order valence-corrected chi connectivity index (χ3v) is 3.86. The summed E-state index contributed by atoms with van der Waals surface area (Å²) < 4.78 is 0. The van der Waals surface area contributed by atoms with Gasteiger partial charge in [-0.15, -0.1) is 0 Å². The predicted octanol–water partition coefficient (Wildman–Crippen LogP) is 5.05. The second-order valence-electron chi connectivity index (χ2n) is 4.74. The second-order valence-corrected chi connectivity index (χ2v) is 4.74. The summed E-state index contributed by atoms with van der Waals surface area (Å²) in [4.78, 5) is 0. The molecule has 0 radical (unpaired) electrons. The molecule has 0 N–H and O–H groups in total.